The highest BCUT2D eigenvalue weighted by Gasteiger charge is 2.27. The summed E-state index contributed by atoms with van der Waals surface area (Å²) in [6.07, 6.45) is -3.79. The van der Waals surface area contributed by atoms with Gasteiger partial charge in [-0.2, -0.15) is 13.2 Å². The van der Waals surface area contributed by atoms with E-state index >= 15 is 0 Å². The molecule has 0 saturated heterocycles. The lowest BCUT2D eigenvalue weighted by Crippen LogP contribution is -2.18. The molecule has 0 unspecified atom stereocenters. The van der Waals surface area contributed by atoms with Crippen LogP contribution in [-0.4, -0.2) is 25.9 Å². The highest BCUT2D eigenvalue weighted by Crippen LogP contribution is 2.25. The summed E-state index contributed by atoms with van der Waals surface area (Å²) in [5, 5.41) is 3.58. The zero-order valence-electron chi connectivity index (χ0n) is 9.36. The summed E-state index contributed by atoms with van der Waals surface area (Å²) in [6.45, 7) is -0.647. The third-order valence-corrected chi connectivity index (χ3v) is 2.78. The summed E-state index contributed by atoms with van der Waals surface area (Å²) < 4.78 is 40.6. The van der Waals surface area contributed by atoms with Crippen molar-refractivity contribution in [3.05, 3.63) is 27.7 Å². The van der Waals surface area contributed by atoms with E-state index in [4.69, 9.17) is 11.6 Å². The van der Waals surface area contributed by atoms with Gasteiger partial charge in [-0.25, -0.2) is 0 Å². The van der Waals surface area contributed by atoms with Gasteiger partial charge in [-0.3, -0.25) is 0 Å². The van der Waals surface area contributed by atoms with Crippen molar-refractivity contribution < 1.29 is 17.9 Å². The van der Waals surface area contributed by atoms with E-state index in [1.165, 1.54) is 0 Å². The highest BCUT2D eigenvalue weighted by molar-refractivity contribution is 9.10. The Bertz CT molecular complexity index is 387. The van der Waals surface area contributed by atoms with E-state index < -0.39 is 12.8 Å². The lowest BCUT2D eigenvalue weighted by Gasteiger charge is -2.10. The van der Waals surface area contributed by atoms with Crippen molar-refractivity contribution >= 4 is 33.2 Å². The molecule has 2 nitrogen and oxygen atoms in total. The van der Waals surface area contributed by atoms with E-state index in [1.54, 1.807) is 12.1 Å². The van der Waals surface area contributed by atoms with E-state index in [0.29, 0.717) is 18.0 Å². The third kappa shape index (κ3) is 6.47. The minimum Gasteiger partial charge on any atom is -0.384 e. The zero-order chi connectivity index (χ0) is 13.6. The molecule has 1 N–H and O–H groups in total. The first kappa shape index (κ1) is 15.6. The minimum absolute atomic E-state index is 0.0562. The maximum absolute atomic E-state index is 11.8. The molecule has 0 aliphatic carbocycles. The number of ether oxygens (including phenoxy) is 1. The van der Waals surface area contributed by atoms with Crippen molar-refractivity contribution in [1.29, 1.82) is 0 Å². The van der Waals surface area contributed by atoms with Crippen molar-refractivity contribution in [3.8, 4) is 0 Å². The molecule has 0 atom stereocenters. The smallest absolute Gasteiger partial charge is 0.384 e. The van der Waals surface area contributed by atoms with Gasteiger partial charge in [-0.05, 0) is 24.6 Å². The number of nitrogens with one attached hydrogen (secondary N) is 1. The van der Waals surface area contributed by atoms with Crippen LogP contribution in [0.25, 0.3) is 0 Å². The molecule has 0 aromatic heterocycles. The lowest BCUT2D eigenvalue weighted by atomic mass is 10.3. The second-order valence-corrected chi connectivity index (χ2v) is 4.90. The Labute approximate surface area is 117 Å². The van der Waals surface area contributed by atoms with Gasteiger partial charge in [0.05, 0.1) is 10.7 Å². The number of halogens is 5. The number of hydrogen-bond acceptors (Lipinski definition) is 2. The molecular formula is C11H12BrClF3NO. The minimum atomic E-state index is -4.26. The van der Waals surface area contributed by atoms with E-state index in [1.807, 2.05) is 6.07 Å². The van der Waals surface area contributed by atoms with Crippen LogP contribution in [0.1, 0.15) is 6.42 Å². The van der Waals surface area contributed by atoms with Gasteiger partial charge in [0.2, 0.25) is 0 Å². The standard InChI is InChI=1S/C11H12BrClF3NO/c12-8-2-3-10(9(13)6-8)17-4-1-5-18-7-11(14,15)16/h2-3,6,17H,1,4-5,7H2. The summed E-state index contributed by atoms with van der Waals surface area (Å²) in [5.74, 6) is 0. The summed E-state index contributed by atoms with van der Waals surface area (Å²) in [4.78, 5) is 0. The molecule has 0 radical (unpaired) electrons. The number of benzene rings is 1. The van der Waals surface area contributed by atoms with Gasteiger partial charge < -0.3 is 10.1 Å². The van der Waals surface area contributed by atoms with Gasteiger partial charge in [-0.1, -0.05) is 27.5 Å². The van der Waals surface area contributed by atoms with E-state index in [9.17, 15) is 13.2 Å². The molecule has 0 saturated carbocycles. The monoisotopic (exact) mass is 345 g/mol. The molecule has 1 aromatic carbocycles. The molecular weight excluding hydrogens is 334 g/mol. The van der Waals surface area contributed by atoms with Crippen molar-refractivity contribution in [2.24, 2.45) is 0 Å². The van der Waals surface area contributed by atoms with E-state index in [2.05, 4.69) is 26.0 Å². The Morgan fingerprint density at radius 2 is 2.06 bits per heavy atom. The van der Waals surface area contributed by atoms with Crippen LogP contribution in [0.15, 0.2) is 22.7 Å². The largest absolute Gasteiger partial charge is 0.411 e. The molecule has 7 heteroatoms. The van der Waals surface area contributed by atoms with Gasteiger partial charge in [0.1, 0.15) is 6.61 Å². The van der Waals surface area contributed by atoms with E-state index in [-0.39, 0.29) is 6.61 Å². The second kappa shape index (κ2) is 7.21. The van der Waals surface area contributed by atoms with Crippen LogP contribution < -0.4 is 5.32 Å². The van der Waals surface area contributed by atoms with Crippen LogP contribution in [0.2, 0.25) is 5.02 Å². The molecule has 18 heavy (non-hydrogen) atoms. The van der Waals surface area contributed by atoms with Gasteiger partial charge in [0.25, 0.3) is 0 Å². The summed E-state index contributed by atoms with van der Waals surface area (Å²) in [6, 6.07) is 5.36. The highest BCUT2D eigenvalue weighted by atomic mass is 79.9. The quantitative estimate of drug-likeness (QED) is 0.767. The van der Waals surface area contributed by atoms with Crippen LogP contribution in [0.5, 0.6) is 0 Å². The molecule has 0 amide bonds. The molecule has 1 aromatic rings. The van der Waals surface area contributed by atoms with Gasteiger partial charge in [-0.15, -0.1) is 0 Å². The maximum Gasteiger partial charge on any atom is 0.411 e. The Kier molecular flexibility index (Phi) is 6.25. The van der Waals surface area contributed by atoms with Gasteiger partial charge in [0.15, 0.2) is 0 Å². The van der Waals surface area contributed by atoms with Crippen LogP contribution in [-0.2, 0) is 4.74 Å². The average Bonchev–Trinajstić information content (AvgIpc) is 2.24. The molecule has 0 heterocycles. The normalized spacial score (nSPS) is 11.6. The van der Waals surface area contributed by atoms with Crippen LogP contribution in [0.4, 0.5) is 18.9 Å². The number of alkyl halides is 3. The molecule has 102 valence electrons. The van der Waals surface area contributed by atoms with Crippen molar-refractivity contribution in [1.82, 2.24) is 0 Å². The second-order valence-electron chi connectivity index (χ2n) is 3.57. The zero-order valence-corrected chi connectivity index (χ0v) is 11.7. The predicted octanol–water partition coefficient (Wildman–Crippen LogP) is 4.48. The molecule has 0 aliphatic heterocycles. The SMILES string of the molecule is FC(F)(F)COCCCNc1ccc(Br)cc1Cl. The average molecular weight is 347 g/mol. The van der Waals surface area contributed by atoms with Gasteiger partial charge >= 0.3 is 6.18 Å². The fraction of sp³-hybridized carbons (Fsp3) is 0.455. The molecule has 1 rings (SSSR count). The summed E-state index contributed by atoms with van der Waals surface area (Å²) in [7, 11) is 0. The van der Waals surface area contributed by atoms with Gasteiger partial charge in [0, 0.05) is 17.6 Å². The number of anilines is 1. The predicted molar refractivity (Wildman–Crippen MR) is 69.1 cm³/mol. The Morgan fingerprint density at radius 3 is 2.67 bits per heavy atom. The van der Waals surface area contributed by atoms with E-state index in [0.717, 1.165) is 10.2 Å². The van der Waals surface area contributed by atoms with Crippen molar-refractivity contribution in [2.45, 2.75) is 12.6 Å². The Balaban J connectivity index is 2.18. The molecule has 0 bridgehead atoms. The topological polar surface area (TPSA) is 21.3 Å². The van der Waals surface area contributed by atoms with Crippen LogP contribution in [0, 0.1) is 0 Å². The lowest BCUT2D eigenvalue weighted by molar-refractivity contribution is -0.173. The molecule has 0 fully saturated rings. The molecule has 0 spiro atoms. The Morgan fingerprint density at radius 1 is 1.33 bits per heavy atom. The van der Waals surface area contributed by atoms with Crippen LogP contribution in [0.3, 0.4) is 0 Å². The van der Waals surface area contributed by atoms with Crippen molar-refractivity contribution in [2.75, 3.05) is 25.1 Å². The van der Waals surface area contributed by atoms with Crippen LogP contribution >= 0.6 is 27.5 Å². The summed E-state index contributed by atoms with van der Waals surface area (Å²) >= 11 is 9.24. The fourth-order valence-corrected chi connectivity index (χ4v) is 1.96. The first-order valence-corrected chi connectivity index (χ1v) is 6.39. The fourth-order valence-electron chi connectivity index (χ4n) is 1.22. The van der Waals surface area contributed by atoms with Crippen molar-refractivity contribution in [3.63, 3.8) is 0 Å². The third-order valence-electron chi connectivity index (χ3n) is 1.98. The molecule has 0 aliphatic rings. The summed E-state index contributed by atoms with van der Waals surface area (Å²) in [5.41, 5.74) is 0.746. The number of rotatable bonds is 6. The number of hydrogen-bond donors (Lipinski definition) is 1. The maximum atomic E-state index is 11.8. The first-order valence-electron chi connectivity index (χ1n) is 5.22. The Hall–Kier alpha value is -0.460. The first-order chi connectivity index (χ1) is 8.38.